The summed E-state index contributed by atoms with van der Waals surface area (Å²) in [5.41, 5.74) is 7.97. The van der Waals surface area contributed by atoms with Crippen molar-refractivity contribution >= 4 is 33.4 Å². The number of anilines is 1. The van der Waals surface area contributed by atoms with Crippen LogP contribution >= 0.6 is 27.7 Å². The highest BCUT2D eigenvalue weighted by Crippen LogP contribution is 2.23. The van der Waals surface area contributed by atoms with Crippen LogP contribution in [0.25, 0.3) is 0 Å². The van der Waals surface area contributed by atoms with E-state index < -0.39 is 0 Å². The predicted molar refractivity (Wildman–Crippen MR) is 74.2 cm³/mol. The zero-order valence-corrected chi connectivity index (χ0v) is 11.5. The summed E-state index contributed by atoms with van der Waals surface area (Å²) in [6.45, 7) is 2.24. The Bertz CT molecular complexity index is 302. The van der Waals surface area contributed by atoms with Crippen molar-refractivity contribution in [3.05, 3.63) is 28.2 Å². The Balaban J connectivity index is 2.28. The molecule has 0 heterocycles. The van der Waals surface area contributed by atoms with Crippen molar-refractivity contribution in [1.82, 2.24) is 0 Å². The normalized spacial score (nSPS) is 10.5. The molecule has 0 spiro atoms. The fraction of sp³-hybridized carbons (Fsp3) is 0.500. The molecule has 0 amide bonds. The SMILES string of the molecule is CCCCCSCc1ccc(Br)c(N)c1. The molecule has 3 heteroatoms. The molecule has 0 atom stereocenters. The molecule has 0 fully saturated rings. The van der Waals surface area contributed by atoms with E-state index in [4.69, 9.17) is 5.73 Å². The Morgan fingerprint density at radius 1 is 1.33 bits per heavy atom. The maximum Gasteiger partial charge on any atom is 0.0461 e. The van der Waals surface area contributed by atoms with E-state index in [1.165, 1.54) is 30.6 Å². The van der Waals surface area contributed by atoms with Gasteiger partial charge in [-0.05, 0) is 45.8 Å². The smallest absolute Gasteiger partial charge is 0.0461 e. The molecule has 0 aliphatic rings. The summed E-state index contributed by atoms with van der Waals surface area (Å²) in [6.07, 6.45) is 3.97. The van der Waals surface area contributed by atoms with Gasteiger partial charge in [0.25, 0.3) is 0 Å². The second-order valence-electron chi connectivity index (χ2n) is 3.62. The van der Waals surface area contributed by atoms with Gasteiger partial charge in [-0.1, -0.05) is 25.8 Å². The zero-order chi connectivity index (χ0) is 11.1. The molecule has 1 nitrogen and oxygen atoms in total. The van der Waals surface area contributed by atoms with Crippen LogP contribution < -0.4 is 5.73 Å². The van der Waals surface area contributed by atoms with Crippen LogP contribution in [-0.2, 0) is 5.75 Å². The third-order valence-corrected chi connectivity index (χ3v) is 4.06. The van der Waals surface area contributed by atoms with Gasteiger partial charge in [-0.25, -0.2) is 0 Å². The molecular formula is C12H18BrNS. The molecule has 0 aliphatic heterocycles. The summed E-state index contributed by atoms with van der Waals surface area (Å²) in [5, 5.41) is 0. The summed E-state index contributed by atoms with van der Waals surface area (Å²) in [7, 11) is 0. The number of hydrogen-bond acceptors (Lipinski definition) is 2. The molecule has 2 N–H and O–H groups in total. The molecule has 84 valence electrons. The van der Waals surface area contributed by atoms with Crippen molar-refractivity contribution in [3.63, 3.8) is 0 Å². The zero-order valence-electron chi connectivity index (χ0n) is 9.13. The first-order valence-electron chi connectivity index (χ1n) is 5.35. The molecule has 1 rings (SSSR count). The van der Waals surface area contributed by atoms with Crippen molar-refractivity contribution < 1.29 is 0 Å². The molecule has 0 unspecified atom stereocenters. The molecule has 15 heavy (non-hydrogen) atoms. The van der Waals surface area contributed by atoms with E-state index >= 15 is 0 Å². The van der Waals surface area contributed by atoms with Crippen LogP contribution in [0, 0.1) is 0 Å². The lowest BCUT2D eigenvalue weighted by Gasteiger charge is -2.04. The Kier molecular flexibility index (Phi) is 6.18. The lowest BCUT2D eigenvalue weighted by molar-refractivity contribution is 0.778. The molecule has 0 saturated heterocycles. The van der Waals surface area contributed by atoms with Crippen LogP contribution in [0.4, 0.5) is 5.69 Å². The van der Waals surface area contributed by atoms with E-state index in [0.29, 0.717) is 0 Å². The summed E-state index contributed by atoms with van der Waals surface area (Å²) >= 11 is 5.39. The van der Waals surface area contributed by atoms with E-state index in [0.717, 1.165) is 15.9 Å². The largest absolute Gasteiger partial charge is 0.398 e. The first kappa shape index (κ1) is 12.9. The minimum atomic E-state index is 0.835. The average molecular weight is 288 g/mol. The summed E-state index contributed by atoms with van der Waals surface area (Å²) in [4.78, 5) is 0. The number of nitrogen functional groups attached to an aromatic ring is 1. The van der Waals surface area contributed by atoms with Gasteiger partial charge in [0.15, 0.2) is 0 Å². The van der Waals surface area contributed by atoms with Crippen molar-refractivity contribution in [1.29, 1.82) is 0 Å². The maximum absolute atomic E-state index is 5.82. The maximum atomic E-state index is 5.82. The molecule has 0 bridgehead atoms. The number of unbranched alkanes of at least 4 members (excludes halogenated alkanes) is 2. The highest BCUT2D eigenvalue weighted by Gasteiger charge is 1.98. The molecule has 0 radical (unpaired) electrons. The summed E-state index contributed by atoms with van der Waals surface area (Å²) in [5.74, 6) is 2.32. The molecule has 1 aromatic carbocycles. The van der Waals surface area contributed by atoms with Crippen molar-refractivity contribution in [2.24, 2.45) is 0 Å². The van der Waals surface area contributed by atoms with Gasteiger partial charge >= 0.3 is 0 Å². The molecule has 0 aromatic heterocycles. The van der Waals surface area contributed by atoms with E-state index in [1.54, 1.807) is 0 Å². The van der Waals surface area contributed by atoms with Crippen LogP contribution in [0.15, 0.2) is 22.7 Å². The van der Waals surface area contributed by atoms with Crippen molar-refractivity contribution in [2.45, 2.75) is 31.9 Å². The van der Waals surface area contributed by atoms with Gasteiger partial charge < -0.3 is 5.73 Å². The number of halogens is 1. The number of hydrogen-bond donors (Lipinski definition) is 1. The van der Waals surface area contributed by atoms with E-state index in [1.807, 2.05) is 17.8 Å². The Labute approximate surface area is 105 Å². The molecule has 0 aliphatic carbocycles. The first-order valence-corrected chi connectivity index (χ1v) is 7.30. The minimum absolute atomic E-state index is 0.835. The van der Waals surface area contributed by atoms with Crippen LogP contribution in [0.3, 0.4) is 0 Å². The predicted octanol–water partition coefficient (Wildman–Crippen LogP) is 4.45. The third kappa shape index (κ3) is 4.94. The first-order chi connectivity index (χ1) is 7.24. The number of benzene rings is 1. The van der Waals surface area contributed by atoms with Crippen LogP contribution in [0.1, 0.15) is 31.7 Å². The van der Waals surface area contributed by atoms with E-state index in [9.17, 15) is 0 Å². The van der Waals surface area contributed by atoms with Crippen LogP contribution in [-0.4, -0.2) is 5.75 Å². The van der Waals surface area contributed by atoms with E-state index in [-0.39, 0.29) is 0 Å². The Hall–Kier alpha value is -0.150. The Morgan fingerprint density at radius 2 is 2.13 bits per heavy atom. The number of rotatable bonds is 6. The molecule has 0 saturated carbocycles. The molecule has 1 aromatic rings. The number of nitrogens with two attached hydrogens (primary N) is 1. The van der Waals surface area contributed by atoms with Gasteiger partial charge in [-0.2, -0.15) is 11.8 Å². The van der Waals surface area contributed by atoms with Gasteiger partial charge in [-0.15, -0.1) is 0 Å². The highest BCUT2D eigenvalue weighted by atomic mass is 79.9. The van der Waals surface area contributed by atoms with Crippen LogP contribution in [0.5, 0.6) is 0 Å². The standard InChI is InChI=1S/C12H18BrNS/c1-2-3-4-7-15-9-10-5-6-11(13)12(14)8-10/h5-6,8H,2-4,7,9,14H2,1H3. The average Bonchev–Trinajstić information content (AvgIpc) is 2.23. The van der Waals surface area contributed by atoms with Gasteiger partial charge in [0, 0.05) is 15.9 Å². The van der Waals surface area contributed by atoms with Crippen molar-refractivity contribution in [2.75, 3.05) is 11.5 Å². The summed E-state index contributed by atoms with van der Waals surface area (Å²) < 4.78 is 0.988. The van der Waals surface area contributed by atoms with Gasteiger partial charge in [0.05, 0.1) is 0 Å². The van der Waals surface area contributed by atoms with Gasteiger partial charge in [0.1, 0.15) is 0 Å². The van der Waals surface area contributed by atoms with Crippen molar-refractivity contribution in [3.8, 4) is 0 Å². The monoisotopic (exact) mass is 287 g/mol. The minimum Gasteiger partial charge on any atom is -0.398 e. The Morgan fingerprint density at radius 3 is 2.80 bits per heavy atom. The number of thioether (sulfide) groups is 1. The van der Waals surface area contributed by atoms with Gasteiger partial charge in [-0.3, -0.25) is 0 Å². The fourth-order valence-electron chi connectivity index (χ4n) is 1.33. The fourth-order valence-corrected chi connectivity index (χ4v) is 2.54. The van der Waals surface area contributed by atoms with Gasteiger partial charge in [0.2, 0.25) is 0 Å². The second kappa shape index (κ2) is 7.18. The quantitative estimate of drug-likeness (QED) is 0.618. The third-order valence-electron chi connectivity index (χ3n) is 2.22. The van der Waals surface area contributed by atoms with Crippen LogP contribution in [0.2, 0.25) is 0 Å². The van der Waals surface area contributed by atoms with E-state index in [2.05, 4.69) is 35.0 Å². The lowest BCUT2D eigenvalue weighted by atomic mass is 10.2. The summed E-state index contributed by atoms with van der Waals surface area (Å²) in [6, 6.07) is 6.21. The molecular weight excluding hydrogens is 270 g/mol. The highest BCUT2D eigenvalue weighted by molar-refractivity contribution is 9.10. The topological polar surface area (TPSA) is 26.0 Å². The lowest BCUT2D eigenvalue weighted by Crippen LogP contribution is -1.90. The second-order valence-corrected chi connectivity index (χ2v) is 5.58.